The first-order valence-electron chi connectivity index (χ1n) is 9.70. The van der Waals surface area contributed by atoms with Gasteiger partial charge in [0.1, 0.15) is 18.5 Å². The number of halogens is 1. The van der Waals surface area contributed by atoms with Crippen molar-refractivity contribution in [2.45, 2.75) is 52.3 Å². The molecule has 5 nitrogen and oxygen atoms in total. The topological polar surface area (TPSA) is 63.2 Å². The predicted octanol–water partition coefficient (Wildman–Crippen LogP) is 4.28. The third-order valence-electron chi connectivity index (χ3n) is 4.82. The Hall–Kier alpha value is -2.24. The van der Waals surface area contributed by atoms with E-state index in [-0.39, 0.29) is 19.0 Å². The summed E-state index contributed by atoms with van der Waals surface area (Å²) < 4.78 is 9.62. The van der Waals surface area contributed by atoms with Gasteiger partial charge >= 0.3 is 0 Å². The summed E-state index contributed by atoms with van der Waals surface area (Å²) in [4.78, 5) is 0. The van der Waals surface area contributed by atoms with Crippen LogP contribution in [0.1, 0.15) is 31.7 Å². The van der Waals surface area contributed by atoms with Gasteiger partial charge in [-0.3, -0.25) is 5.41 Å². The molecule has 3 rings (SSSR count). The van der Waals surface area contributed by atoms with Crippen LogP contribution in [0.2, 0.25) is 0 Å². The number of hydrogen-bond acceptors (Lipinski definition) is 3. The molecule has 1 heterocycles. The number of aryl methyl sites for hydroxylation is 2. The van der Waals surface area contributed by atoms with Crippen LogP contribution >= 0.6 is 12.4 Å². The van der Waals surface area contributed by atoms with Crippen molar-refractivity contribution >= 4 is 23.4 Å². The molecule has 0 saturated carbocycles. The standard InChI is InChI=1S/C22H29N3O2.ClH/c1-3-4-7-14-24-20-8-5-6-9-21(20)25(22(24)23)15-18(26)16-27-19-12-10-17(2)11-13-19;/h5-6,8-13,18,23,26H,3-4,7,14-16H2,1-2H3;1H. The van der Waals surface area contributed by atoms with Gasteiger partial charge in [0.05, 0.1) is 17.6 Å². The summed E-state index contributed by atoms with van der Waals surface area (Å²) in [6.45, 7) is 5.58. The molecule has 152 valence electrons. The molecule has 1 unspecified atom stereocenters. The number of aliphatic hydroxyl groups is 1. The van der Waals surface area contributed by atoms with Crippen LogP contribution < -0.4 is 10.4 Å². The van der Waals surface area contributed by atoms with Crippen LogP contribution in [0.15, 0.2) is 48.5 Å². The van der Waals surface area contributed by atoms with Crippen molar-refractivity contribution in [3.8, 4) is 5.75 Å². The number of nitrogens with one attached hydrogen (secondary N) is 1. The summed E-state index contributed by atoms with van der Waals surface area (Å²) in [6, 6.07) is 15.8. The number of nitrogens with zero attached hydrogens (tertiary/aromatic N) is 2. The summed E-state index contributed by atoms with van der Waals surface area (Å²) in [5, 5.41) is 19.1. The van der Waals surface area contributed by atoms with Gasteiger partial charge in [0.15, 0.2) is 0 Å². The Bertz CT molecular complexity index is 931. The van der Waals surface area contributed by atoms with Crippen LogP contribution in [0.3, 0.4) is 0 Å². The van der Waals surface area contributed by atoms with Crippen LogP contribution in [0.5, 0.6) is 5.75 Å². The molecule has 0 aliphatic heterocycles. The molecule has 2 aromatic carbocycles. The minimum Gasteiger partial charge on any atom is -0.491 e. The van der Waals surface area contributed by atoms with E-state index in [0.717, 1.165) is 42.6 Å². The third kappa shape index (κ3) is 5.18. The number of fused-ring (bicyclic) bond motifs is 1. The molecule has 0 saturated heterocycles. The molecule has 6 heteroatoms. The van der Waals surface area contributed by atoms with Crippen LogP contribution in [0.4, 0.5) is 0 Å². The Morgan fingerprint density at radius 2 is 1.64 bits per heavy atom. The average Bonchev–Trinajstić information content (AvgIpc) is 2.94. The van der Waals surface area contributed by atoms with Crippen molar-refractivity contribution in [1.82, 2.24) is 9.13 Å². The van der Waals surface area contributed by atoms with E-state index < -0.39 is 6.10 Å². The molecule has 1 aromatic heterocycles. The van der Waals surface area contributed by atoms with E-state index in [0.29, 0.717) is 12.2 Å². The average molecular weight is 404 g/mol. The van der Waals surface area contributed by atoms with Crippen LogP contribution in [0.25, 0.3) is 11.0 Å². The molecule has 1 atom stereocenters. The molecule has 0 aliphatic rings. The first-order valence-corrected chi connectivity index (χ1v) is 9.70. The normalized spacial score (nSPS) is 12.0. The molecule has 2 N–H and O–H groups in total. The Kier molecular flexibility index (Phi) is 8.15. The zero-order valence-electron chi connectivity index (χ0n) is 16.6. The number of rotatable bonds is 9. The summed E-state index contributed by atoms with van der Waals surface area (Å²) in [6.07, 6.45) is 2.68. The van der Waals surface area contributed by atoms with E-state index >= 15 is 0 Å². The number of aromatic nitrogens is 2. The molecule has 0 bridgehead atoms. The molecule has 28 heavy (non-hydrogen) atoms. The number of benzene rings is 2. The number of imidazole rings is 1. The molecule has 0 aliphatic carbocycles. The molecule has 0 spiro atoms. The lowest BCUT2D eigenvalue weighted by atomic mass is 10.2. The highest BCUT2D eigenvalue weighted by Crippen LogP contribution is 2.15. The smallest absolute Gasteiger partial charge is 0.203 e. The lowest BCUT2D eigenvalue weighted by molar-refractivity contribution is 0.0921. The lowest BCUT2D eigenvalue weighted by Gasteiger charge is -2.14. The van der Waals surface area contributed by atoms with Crippen molar-refractivity contribution in [3.05, 3.63) is 59.7 Å². The molecule has 3 aromatic rings. The number of ether oxygens (including phenoxy) is 1. The van der Waals surface area contributed by atoms with Crippen molar-refractivity contribution < 1.29 is 9.84 Å². The Labute approximate surface area is 172 Å². The molecule has 0 fully saturated rings. The number of hydrogen-bond donors (Lipinski definition) is 2. The van der Waals surface area contributed by atoms with Gasteiger partial charge in [-0.2, -0.15) is 0 Å². The highest BCUT2D eigenvalue weighted by atomic mass is 35.5. The van der Waals surface area contributed by atoms with E-state index in [9.17, 15) is 5.11 Å². The van der Waals surface area contributed by atoms with Gasteiger partial charge in [0.25, 0.3) is 0 Å². The van der Waals surface area contributed by atoms with Gasteiger partial charge in [-0.25, -0.2) is 0 Å². The summed E-state index contributed by atoms with van der Waals surface area (Å²) in [5.74, 6) is 0.748. The number of aliphatic hydroxyl groups excluding tert-OH is 1. The molecule has 0 amide bonds. The first kappa shape index (κ1) is 22.1. The van der Waals surface area contributed by atoms with Crippen molar-refractivity contribution in [2.75, 3.05) is 6.61 Å². The van der Waals surface area contributed by atoms with Crippen molar-refractivity contribution in [1.29, 1.82) is 5.41 Å². The van der Waals surface area contributed by atoms with Crippen molar-refractivity contribution in [3.63, 3.8) is 0 Å². The predicted molar refractivity (Wildman–Crippen MR) is 115 cm³/mol. The Morgan fingerprint density at radius 3 is 2.29 bits per heavy atom. The zero-order valence-corrected chi connectivity index (χ0v) is 17.4. The lowest BCUT2D eigenvalue weighted by Crippen LogP contribution is -2.31. The Morgan fingerprint density at radius 1 is 1.00 bits per heavy atom. The fourth-order valence-corrected chi connectivity index (χ4v) is 3.32. The van der Waals surface area contributed by atoms with Crippen LogP contribution in [-0.4, -0.2) is 27.0 Å². The molecule has 0 radical (unpaired) electrons. The van der Waals surface area contributed by atoms with Crippen LogP contribution in [0, 0.1) is 12.3 Å². The maximum Gasteiger partial charge on any atom is 0.203 e. The second-order valence-electron chi connectivity index (χ2n) is 7.06. The van der Waals surface area contributed by atoms with Gasteiger partial charge in [-0.15, -0.1) is 12.4 Å². The fourth-order valence-electron chi connectivity index (χ4n) is 3.32. The quantitative estimate of drug-likeness (QED) is 0.523. The second kappa shape index (κ2) is 10.3. The number of para-hydroxylation sites is 2. The van der Waals surface area contributed by atoms with Gasteiger partial charge in [0.2, 0.25) is 5.62 Å². The maximum atomic E-state index is 10.5. The minimum atomic E-state index is -0.685. The van der Waals surface area contributed by atoms with E-state index in [1.807, 2.05) is 64.6 Å². The van der Waals surface area contributed by atoms with Crippen LogP contribution in [-0.2, 0) is 13.1 Å². The highest BCUT2D eigenvalue weighted by Gasteiger charge is 2.14. The first-order chi connectivity index (χ1) is 13.1. The molecular weight excluding hydrogens is 374 g/mol. The van der Waals surface area contributed by atoms with E-state index in [2.05, 4.69) is 6.92 Å². The van der Waals surface area contributed by atoms with E-state index in [4.69, 9.17) is 10.1 Å². The minimum absolute atomic E-state index is 0. The number of unbranched alkanes of at least 4 members (excludes halogenated alkanes) is 2. The largest absolute Gasteiger partial charge is 0.491 e. The van der Waals surface area contributed by atoms with Gasteiger partial charge in [-0.05, 0) is 37.6 Å². The van der Waals surface area contributed by atoms with Gasteiger partial charge in [0, 0.05) is 6.54 Å². The van der Waals surface area contributed by atoms with Crippen molar-refractivity contribution in [2.24, 2.45) is 0 Å². The Balaban J connectivity index is 0.00000280. The summed E-state index contributed by atoms with van der Waals surface area (Å²) >= 11 is 0. The van der Waals surface area contributed by atoms with Gasteiger partial charge < -0.3 is 19.0 Å². The summed E-state index contributed by atoms with van der Waals surface area (Å²) in [5.41, 5.74) is 3.63. The highest BCUT2D eigenvalue weighted by molar-refractivity contribution is 5.85. The summed E-state index contributed by atoms with van der Waals surface area (Å²) in [7, 11) is 0. The monoisotopic (exact) mass is 403 g/mol. The molecular formula is C22H30ClN3O2. The SMILES string of the molecule is CCCCCn1c(=N)n(CC(O)COc2ccc(C)cc2)c2ccccc21.Cl. The van der Waals surface area contributed by atoms with E-state index in [1.165, 1.54) is 5.56 Å². The van der Waals surface area contributed by atoms with Gasteiger partial charge in [-0.1, -0.05) is 49.6 Å². The second-order valence-corrected chi connectivity index (χ2v) is 7.06. The fraction of sp³-hybridized carbons (Fsp3) is 0.409. The third-order valence-corrected chi connectivity index (χ3v) is 4.82. The zero-order chi connectivity index (χ0) is 19.2. The maximum absolute atomic E-state index is 10.5. The van der Waals surface area contributed by atoms with E-state index in [1.54, 1.807) is 0 Å².